The van der Waals surface area contributed by atoms with Crippen LogP contribution in [0.1, 0.15) is 20.3 Å². The van der Waals surface area contributed by atoms with E-state index in [1.807, 2.05) is 0 Å². The Morgan fingerprint density at radius 1 is 1.08 bits per heavy atom. The Morgan fingerprint density at radius 2 is 1.67 bits per heavy atom. The van der Waals surface area contributed by atoms with Crippen LogP contribution < -0.4 is 24.8 Å². The van der Waals surface area contributed by atoms with Crippen molar-refractivity contribution in [2.45, 2.75) is 65.6 Å². The Hall–Kier alpha value is 0.727. The van der Waals surface area contributed by atoms with Gasteiger partial charge in [0, 0.05) is 0 Å². The van der Waals surface area contributed by atoms with Crippen LogP contribution in [0.15, 0.2) is 42.6 Å². The van der Waals surface area contributed by atoms with Gasteiger partial charge in [0.2, 0.25) is 0 Å². The number of halogens is 2. The maximum Gasteiger partial charge on any atom is -1.00 e. The maximum absolute atomic E-state index is 2.63. The van der Waals surface area contributed by atoms with Crippen molar-refractivity contribution in [3.05, 3.63) is 42.6 Å². The molecule has 24 heavy (non-hydrogen) atoms. The molecular formula is C19H34Cl2Si2Zr. The van der Waals surface area contributed by atoms with Gasteiger partial charge in [-0.3, -0.25) is 0 Å². The van der Waals surface area contributed by atoms with Crippen molar-refractivity contribution in [1.29, 1.82) is 0 Å². The van der Waals surface area contributed by atoms with Crippen LogP contribution in [0.3, 0.4) is 0 Å². The second-order valence-corrected chi connectivity index (χ2v) is 26.7. The van der Waals surface area contributed by atoms with Crippen LogP contribution in [-0.2, 0) is 21.3 Å². The van der Waals surface area contributed by atoms with Crippen LogP contribution in [0.25, 0.3) is 0 Å². The summed E-state index contributed by atoms with van der Waals surface area (Å²) in [5.74, 6) is 0. The predicted octanol–water partition coefficient (Wildman–Crippen LogP) is 0.324. The van der Waals surface area contributed by atoms with Gasteiger partial charge in [0.05, 0.1) is 0 Å². The SMILES string of the molecule is C[C](C)=[Zr+2]([C](C=C[Si](C)(C)C)=CC[Si](C)(C)C)[C]1=CC=CC1.[Cl-].[Cl-]. The van der Waals surface area contributed by atoms with E-state index < -0.39 is 37.4 Å². The van der Waals surface area contributed by atoms with E-state index >= 15 is 0 Å². The molecule has 0 aromatic rings. The summed E-state index contributed by atoms with van der Waals surface area (Å²) in [6.07, 6.45) is 13.4. The molecule has 0 aromatic carbocycles. The molecule has 136 valence electrons. The first kappa shape index (κ1) is 27.0. The molecule has 0 saturated carbocycles. The van der Waals surface area contributed by atoms with E-state index in [4.69, 9.17) is 0 Å². The van der Waals surface area contributed by atoms with Crippen LogP contribution in [0.5, 0.6) is 0 Å². The van der Waals surface area contributed by atoms with Crippen LogP contribution >= 0.6 is 0 Å². The van der Waals surface area contributed by atoms with Crippen molar-refractivity contribution in [3.63, 3.8) is 0 Å². The summed E-state index contributed by atoms with van der Waals surface area (Å²) in [5, 5.41) is 0. The molecule has 0 saturated heterocycles. The number of hydrogen-bond donors (Lipinski definition) is 0. The standard InChI is InChI=1S/C11H23Si2.C5H5.C3H6.2ClH.Zr/c1-12(2,3)10-8-7-9-11-13(4,5)6;1-2-4-5-3-1;1-3-2;;;/h8-10H,11H2,1-6H3;1-3H,4H2;1-2H3;2*1H;/q;;;;;+2/p-2. The third-order valence-electron chi connectivity index (χ3n) is 3.58. The molecule has 0 fully saturated rings. The molecule has 0 bridgehead atoms. The molecule has 0 aromatic heterocycles. The summed E-state index contributed by atoms with van der Waals surface area (Å²) in [6, 6.07) is 1.32. The van der Waals surface area contributed by atoms with Gasteiger partial charge in [-0.1, -0.05) is 0 Å². The number of rotatable bonds is 6. The van der Waals surface area contributed by atoms with E-state index in [-0.39, 0.29) is 24.8 Å². The Balaban J connectivity index is 0. The minimum absolute atomic E-state index is 0. The van der Waals surface area contributed by atoms with Gasteiger partial charge in [0.25, 0.3) is 0 Å². The molecule has 0 aliphatic heterocycles. The fourth-order valence-corrected chi connectivity index (χ4v) is 11.6. The van der Waals surface area contributed by atoms with Gasteiger partial charge < -0.3 is 24.8 Å². The molecule has 0 unspecified atom stereocenters. The topological polar surface area (TPSA) is 0 Å². The molecule has 0 spiro atoms. The van der Waals surface area contributed by atoms with Crippen molar-refractivity contribution < 1.29 is 46.1 Å². The van der Waals surface area contributed by atoms with E-state index in [0.29, 0.717) is 0 Å². The first-order chi connectivity index (χ1) is 9.99. The summed E-state index contributed by atoms with van der Waals surface area (Å²) in [7, 11) is -2.16. The van der Waals surface area contributed by atoms with Crippen LogP contribution in [-0.4, -0.2) is 19.4 Å². The van der Waals surface area contributed by atoms with Crippen molar-refractivity contribution in [2.75, 3.05) is 0 Å². The third kappa shape index (κ3) is 10.7. The monoisotopic (exact) mass is 478 g/mol. The first-order valence-electron chi connectivity index (χ1n) is 8.43. The maximum atomic E-state index is 2.63. The molecule has 0 heterocycles. The minimum Gasteiger partial charge on any atom is -1.00 e. The summed E-state index contributed by atoms with van der Waals surface area (Å²) in [6.45, 7) is 19.5. The van der Waals surface area contributed by atoms with Crippen molar-refractivity contribution in [3.8, 4) is 0 Å². The molecule has 0 amide bonds. The van der Waals surface area contributed by atoms with E-state index in [2.05, 4.69) is 89.2 Å². The first-order valence-corrected chi connectivity index (χ1v) is 19.4. The normalized spacial score (nSPS) is 14.6. The molecule has 0 atom stereocenters. The number of allylic oxidation sites excluding steroid dienone is 7. The second kappa shape index (κ2) is 11.4. The predicted molar refractivity (Wildman–Crippen MR) is 107 cm³/mol. The minimum atomic E-state index is -1.79. The third-order valence-corrected chi connectivity index (χ3v) is 13.5. The zero-order chi connectivity index (χ0) is 17.0. The van der Waals surface area contributed by atoms with Gasteiger partial charge in [-0.15, -0.1) is 0 Å². The molecule has 0 N–H and O–H groups in total. The van der Waals surface area contributed by atoms with Crippen molar-refractivity contribution in [2.24, 2.45) is 0 Å². The van der Waals surface area contributed by atoms with Gasteiger partial charge in [-0.25, -0.2) is 0 Å². The Kier molecular flexibility index (Phi) is 12.8. The van der Waals surface area contributed by atoms with Gasteiger partial charge in [-0.2, -0.15) is 0 Å². The van der Waals surface area contributed by atoms with Crippen LogP contribution in [0.2, 0.25) is 45.3 Å². The quantitative estimate of drug-likeness (QED) is 0.380. The molecule has 1 aliphatic carbocycles. The van der Waals surface area contributed by atoms with E-state index in [1.54, 1.807) is 9.77 Å². The van der Waals surface area contributed by atoms with Gasteiger partial charge in [-0.05, 0) is 0 Å². The van der Waals surface area contributed by atoms with E-state index in [9.17, 15) is 0 Å². The molecule has 1 rings (SSSR count). The van der Waals surface area contributed by atoms with Crippen molar-refractivity contribution in [1.82, 2.24) is 0 Å². The zero-order valence-electron chi connectivity index (χ0n) is 16.6. The van der Waals surface area contributed by atoms with E-state index in [1.165, 1.54) is 12.5 Å². The van der Waals surface area contributed by atoms with Gasteiger partial charge >= 0.3 is 149 Å². The molecular weight excluding hydrogens is 447 g/mol. The zero-order valence-corrected chi connectivity index (χ0v) is 22.6. The molecule has 0 radical (unpaired) electrons. The second-order valence-electron chi connectivity index (χ2n) is 8.82. The van der Waals surface area contributed by atoms with Crippen molar-refractivity contribution >= 4 is 19.4 Å². The Labute approximate surface area is 172 Å². The van der Waals surface area contributed by atoms with Crippen LogP contribution in [0.4, 0.5) is 0 Å². The fourth-order valence-electron chi connectivity index (χ4n) is 2.44. The van der Waals surface area contributed by atoms with E-state index in [0.717, 1.165) is 0 Å². The molecule has 5 heteroatoms. The summed E-state index contributed by atoms with van der Waals surface area (Å²) in [5.41, 5.74) is 2.55. The number of hydrogen-bond acceptors (Lipinski definition) is 0. The summed E-state index contributed by atoms with van der Waals surface area (Å²) in [4.78, 5) is 0. The summed E-state index contributed by atoms with van der Waals surface area (Å²) >= 11 is -1.79. The van der Waals surface area contributed by atoms with Gasteiger partial charge in [0.15, 0.2) is 0 Å². The molecule has 1 aliphatic rings. The largest absolute Gasteiger partial charge is 1.00 e. The Bertz CT molecular complexity index is 553. The Morgan fingerprint density at radius 3 is 2.04 bits per heavy atom. The average molecular weight is 481 g/mol. The smallest absolute Gasteiger partial charge is 1.00 e. The summed E-state index contributed by atoms with van der Waals surface area (Å²) < 4.78 is 5.19. The van der Waals surface area contributed by atoms with Crippen LogP contribution in [0, 0.1) is 0 Å². The van der Waals surface area contributed by atoms with Gasteiger partial charge in [0.1, 0.15) is 0 Å². The molecule has 0 nitrogen and oxygen atoms in total. The fraction of sp³-hybridized carbons (Fsp3) is 0.526. The average Bonchev–Trinajstić information content (AvgIpc) is 2.83.